The van der Waals surface area contributed by atoms with E-state index in [1.165, 1.54) is 0 Å². The van der Waals surface area contributed by atoms with Crippen LogP contribution in [-0.2, 0) is 9.53 Å². The number of hydrogen-bond acceptors (Lipinski definition) is 4. The van der Waals surface area contributed by atoms with Gasteiger partial charge in [-0.1, -0.05) is 0 Å². The van der Waals surface area contributed by atoms with Crippen LogP contribution in [0.1, 0.15) is 34.1 Å². The van der Waals surface area contributed by atoms with Crippen molar-refractivity contribution < 1.29 is 9.53 Å². The molecule has 0 atom stereocenters. The van der Waals surface area contributed by atoms with Crippen molar-refractivity contribution in [2.75, 3.05) is 39.9 Å². The summed E-state index contributed by atoms with van der Waals surface area (Å²) >= 11 is 0. The second kappa shape index (κ2) is 11.2. The summed E-state index contributed by atoms with van der Waals surface area (Å²) in [6.45, 7) is 12.3. The molecule has 19 heavy (non-hydrogen) atoms. The molecule has 0 saturated heterocycles. The maximum atomic E-state index is 11.5. The quantitative estimate of drug-likeness (QED) is 0.548. The summed E-state index contributed by atoms with van der Waals surface area (Å²) in [4.78, 5) is 13.9. The van der Waals surface area contributed by atoms with E-state index < -0.39 is 0 Å². The molecular formula is C14H31N3O2. The highest BCUT2D eigenvalue weighted by Crippen LogP contribution is 2.02. The van der Waals surface area contributed by atoms with Crippen molar-refractivity contribution in [2.24, 2.45) is 0 Å². The fourth-order valence-electron chi connectivity index (χ4n) is 2.03. The minimum Gasteiger partial charge on any atom is -0.385 e. The largest absolute Gasteiger partial charge is 0.385 e. The van der Waals surface area contributed by atoms with Crippen molar-refractivity contribution in [2.45, 2.75) is 46.2 Å². The van der Waals surface area contributed by atoms with Crippen LogP contribution in [0.25, 0.3) is 0 Å². The highest BCUT2D eigenvalue weighted by atomic mass is 16.5. The summed E-state index contributed by atoms with van der Waals surface area (Å²) in [6.07, 6.45) is 0.858. The zero-order valence-corrected chi connectivity index (χ0v) is 13.2. The second-order valence-corrected chi connectivity index (χ2v) is 5.30. The van der Waals surface area contributed by atoms with Crippen LogP contribution >= 0.6 is 0 Å². The smallest absolute Gasteiger partial charge is 0.233 e. The lowest BCUT2D eigenvalue weighted by Crippen LogP contribution is -2.43. The lowest BCUT2D eigenvalue weighted by molar-refractivity contribution is -0.120. The van der Waals surface area contributed by atoms with Gasteiger partial charge >= 0.3 is 0 Å². The lowest BCUT2D eigenvalue weighted by Gasteiger charge is -2.30. The molecule has 0 heterocycles. The van der Waals surface area contributed by atoms with Gasteiger partial charge in [-0.2, -0.15) is 0 Å². The van der Waals surface area contributed by atoms with Gasteiger partial charge in [-0.3, -0.25) is 9.69 Å². The Morgan fingerprint density at radius 2 is 1.79 bits per heavy atom. The predicted molar refractivity (Wildman–Crippen MR) is 79.4 cm³/mol. The third kappa shape index (κ3) is 9.87. The minimum atomic E-state index is 0.0525. The topological polar surface area (TPSA) is 53.6 Å². The first kappa shape index (κ1) is 18.4. The van der Waals surface area contributed by atoms with Gasteiger partial charge in [0.15, 0.2) is 0 Å². The van der Waals surface area contributed by atoms with Crippen LogP contribution in [-0.4, -0.2) is 62.8 Å². The van der Waals surface area contributed by atoms with E-state index in [9.17, 15) is 4.79 Å². The fourth-order valence-corrected chi connectivity index (χ4v) is 2.03. The Kier molecular flexibility index (Phi) is 10.8. The average molecular weight is 273 g/mol. The summed E-state index contributed by atoms with van der Waals surface area (Å²) in [5, 5.41) is 6.04. The first-order chi connectivity index (χ1) is 8.99. The summed E-state index contributed by atoms with van der Waals surface area (Å²) in [7, 11) is 1.67. The number of methoxy groups -OCH3 is 1. The molecule has 1 amide bonds. The molecule has 0 aromatic carbocycles. The van der Waals surface area contributed by atoms with Crippen molar-refractivity contribution in [3.05, 3.63) is 0 Å². The van der Waals surface area contributed by atoms with Crippen LogP contribution < -0.4 is 10.6 Å². The van der Waals surface area contributed by atoms with Crippen LogP contribution in [0.4, 0.5) is 0 Å². The fraction of sp³-hybridized carbons (Fsp3) is 0.929. The molecule has 0 aromatic heterocycles. The monoisotopic (exact) mass is 273 g/mol. The van der Waals surface area contributed by atoms with Crippen molar-refractivity contribution in [3.63, 3.8) is 0 Å². The van der Waals surface area contributed by atoms with E-state index in [1.807, 2.05) is 0 Å². The van der Waals surface area contributed by atoms with Gasteiger partial charge in [0.05, 0.1) is 6.54 Å². The number of amides is 1. The Morgan fingerprint density at radius 1 is 1.16 bits per heavy atom. The summed E-state index contributed by atoms with van der Waals surface area (Å²) in [6, 6.07) is 1.06. The Labute approximate surface area is 118 Å². The number of nitrogens with one attached hydrogen (secondary N) is 2. The van der Waals surface area contributed by atoms with Gasteiger partial charge in [-0.05, 0) is 34.1 Å². The van der Waals surface area contributed by atoms with Gasteiger partial charge in [-0.15, -0.1) is 0 Å². The predicted octanol–water partition coefficient (Wildman–Crippen LogP) is 0.848. The summed E-state index contributed by atoms with van der Waals surface area (Å²) in [5.41, 5.74) is 0. The van der Waals surface area contributed by atoms with Crippen LogP contribution in [0.3, 0.4) is 0 Å². The minimum absolute atomic E-state index is 0.0525. The molecule has 0 bridgehead atoms. The van der Waals surface area contributed by atoms with E-state index >= 15 is 0 Å². The van der Waals surface area contributed by atoms with E-state index in [4.69, 9.17) is 4.74 Å². The SMILES string of the molecule is COCCCNC(=O)CNCCN(C(C)C)C(C)C. The Balaban J connectivity index is 3.59. The number of rotatable bonds is 11. The van der Waals surface area contributed by atoms with Gasteiger partial charge < -0.3 is 15.4 Å². The normalized spacial score (nSPS) is 11.6. The van der Waals surface area contributed by atoms with E-state index in [0.717, 1.165) is 19.5 Å². The van der Waals surface area contributed by atoms with Crippen LogP contribution in [0.2, 0.25) is 0 Å². The van der Waals surface area contributed by atoms with E-state index in [-0.39, 0.29) is 5.91 Å². The third-order valence-corrected chi connectivity index (χ3v) is 3.01. The lowest BCUT2D eigenvalue weighted by atomic mass is 10.2. The molecular weight excluding hydrogens is 242 g/mol. The standard InChI is InChI=1S/C14H31N3O2/c1-12(2)17(13(3)4)9-8-15-11-14(18)16-7-6-10-19-5/h12-13,15H,6-11H2,1-5H3,(H,16,18). The van der Waals surface area contributed by atoms with Crippen molar-refractivity contribution in [1.82, 2.24) is 15.5 Å². The highest BCUT2D eigenvalue weighted by molar-refractivity contribution is 5.77. The molecule has 0 aliphatic carbocycles. The molecule has 0 saturated carbocycles. The number of carbonyl (C=O) groups is 1. The highest BCUT2D eigenvalue weighted by Gasteiger charge is 2.12. The van der Waals surface area contributed by atoms with E-state index in [2.05, 4.69) is 43.2 Å². The van der Waals surface area contributed by atoms with Crippen molar-refractivity contribution >= 4 is 5.91 Å². The maximum Gasteiger partial charge on any atom is 0.233 e. The molecule has 0 fully saturated rings. The molecule has 0 spiro atoms. The molecule has 5 heteroatoms. The molecule has 0 rings (SSSR count). The van der Waals surface area contributed by atoms with Gasteiger partial charge in [0.2, 0.25) is 5.91 Å². The third-order valence-electron chi connectivity index (χ3n) is 3.01. The van der Waals surface area contributed by atoms with Crippen molar-refractivity contribution in [1.29, 1.82) is 0 Å². The molecule has 0 unspecified atom stereocenters. The Bertz CT molecular complexity index is 225. The number of nitrogens with zero attached hydrogens (tertiary/aromatic N) is 1. The molecule has 2 N–H and O–H groups in total. The molecule has 114 valence electrons. The zero-order valence-electron chi connectivity index (χ0n) is 13.2. The molecule has 0 aliphatic rings. The average Bonchev–Trinajstić information content (AvgIpc) is 2.33. The first-order valence-corrected chi connectivity index (χ1v) is 7.21. The number of ether oxygens (including phenoxy) is 1. The van der Waals surface area contributed by atoms with Gasteiger partial charge in [0, 0.05) is 45.4 Å². The van der Waals surface area contributed by atoms with Gasteiger partial charge in [0.25, 0.3) is 0 Å². The van der Waals surface area contributed by atoms with E-state index in [1.54, 1.807) is 7.11 Å². The zero-order chi connectivity index (χ0) is 14.7. The van der Waals surface area contributed by atoms with Crippen LogP contribution in [0, 0.1) is 0 Å². The first-order valence-electron chi connectivity index (χ1n) is 7.21. The maximum absolute atomic E-state index is 11.5. The summed E-state index contributed by atoms with van der Waals surface area (Å²) in [5.74, 6) is 0.0525. The van der Waals surface area contributed by atoms with E-state index in [0.29, 0.717) is 31.8 Å². The summed E-state index contributed by atoms with van der Waals surface area (Å²) < 4.78 is 4.92. The van der Waals surface area contributed by atoms with Crippen LogP contribution in [0.5, 0.6) is 0 Å². The Hall–Kier alpha value is -0.650. The molecule has 5 nitrogen and oxygen atoms in total. The van der Waals surface area contributed by atoms with Crippen molar-refractivity contribution in [3.8, 4) is 0 Å². The Morgan fingerprint density at radius 3 is 2.32 bits per heavy atom. The van der Waals surface area contributed by atoms with Gasteiger partial charge in [0.1, 0.15) is 0 Å². The second-order valence-electron chi connectivity index (χ2n) is 5.30. The molecule has 0 aliphatic heterocycles. The number of hydrogen-bond donors (Lipinski definition) is 2. The molecule has 0 aromatic rings. The number of carbonyl (C=O) groups excluding carboxylic acids is 1. The van der Waals surface area contributed by atoms with Crippen LogP contribution in [0.15, 0.2) is 0 Å². The van der Waals surface area contributed by atoms with Gasteiger partial charge in [-0.25, -0.2) is 0 Å². The molecule has 0 radical (unpaired) electrons.